The summed E-state index contributed by atoms with van der Waals surface area (Å²) in [5.41, 5.74) is 3.54. The van der Waals surface area contributed by atoms with Crippen LogP contribution in [0.2, 0.25) is 0 Å². The molecule has 1 atom stereocenters. The van der Waals surface area contributed by atoms with Crippen LogP contribution >= 0.6 is 0 Å². The maximum Gasteiger partial charge on any atom is 0.407 e. The number of likely N-dealkylation sites (tertiary alicyclic amines) is 1. The summed E-state index contributed by atoms with van der Waals surface area (Å²) in [7, 11) is 0. The lowest BCUT2D eigenvalue weighted by atomic mass is 9.77. The topological polar surface area (TPSA) is 90.7 Å². The van der Waals surface area contributed by atoms with E-state index in [2.05, 4.69) is 102 Å². The van der Waals surface area contributed by atoms with Crippen molar-refractivity contribution in [2.45, 2.75) is 25.3 Å². The molecule has 3 heterocycles. The van der Waals surface area contributed by atoms with Crippen molar-refractivity contribution in [2.24, 2.45) is 5.41 Å². The fraction of sp³-hybridized carbons (Fsp3) is 0.250. The minimum atomic E-state index is -0.962. The molecule has 1 unspecified atom stereocenters. The monoisotopic (exact) mass is 585 g/mol. The number of aromatic nitrogens is 2. The van der Waals surface area contributed by atoms with Crippen molar-refractivity contribution in [2.75, 3.05) is 36.4 Å². The zero-order chi connectivity index (χ0) is 30.3. The summed E-state index contributed by atoms with van der Waals surface area (Å²) in [4.78, 5) is 28.7. The molecule has 0 bridgehead atoms. The van der Waals surface area contributed by atoms with Gasteiger partial charge in [0.2, 0.25) is 5.91 Å². The summed E-state index contributed by atoms with van der Waals surface area (Å²) >= 11 is 0. The zero-order valence-electron chi connectivity index (χ0n) is 24.7. The van der Waals surface area contributed by atoms with Gasteiger partial charge in [0.15, 0.2) is 5.82 Å². The maximum absolute atomic E-state index is 13.8. The van der Waals surface area contributed by atoms with Crippen LogP contribution in [0.15, 0.2) is 109 Å². The lowest BCUT2D eigenvalue weighted by molar-refractivity contribution is -0.124. The molecular formula is C36H35N5O3. The van der Waals surface area contributed by atoms with Crippen LogP contribution in [0.1, 0.15) is 36.5 Å². The molecule has 2 aliphatic rings. The molecule has 222 valence electrons. The number of hydrogen-bond acceptors (Lipinski definition) is 4. The third-order valence-electron chi connectivity index (χ3n) is 9.35. The van der Waals surface area contributed by atoms with Crippen molar-refractivity contribution in [1.82, 2.24) is 14.7 Å². The highest BCUT2D eigenvalue weighted by Crippen LogP contribution is 2.46. The van der Waals surface area contributed by atoms with E-state index < -0.39 is 17.0 Å². The van der Waals surface area contributed by atoms with Gasteiger partial charge in [-0.05, 0) is 54.7 Å². The van der Waals surface area contributed by atoms with E-state index >= 15 is 0 Å². The summed E-state index contributed by atoms with van der Waals surface area (Å²) in [6.45, 7) is 3.95. The van der Waals surface area contributed by atoms with Crippen LogP contribution in [0.25, 0.3) is 10.9 Å². The predicted molar refractivity (Wildman–Crippen MR) is 172 cm³/mol. The van der Waals surface area contributed by atoms with E-state index in [0.29, 0.717) is 32.5 Å². The van der Waals surface area contributed by atoms with Crippen LogP contribution in [0, 0.1) is 5.41 Å². The quantitative estimate of drug-likeness (QED) is 0.215. The molecular weight excluding hydrogens is 550 g/mol. The number of hydrogen-bond donors (Lipinski definition) is 2. The second kappa shape index (κ2) is 10.9. The second-order valence-electron chi connectivity index (χ2n) is 11.7. The van der Waals surface area contributed by atoms with Crippen LogP contribution in [-0.4, -0.2) is 58.0 Å². The second-order valence-corrected chi connectivity index (χ2v) is 11.7. The van der Waals surface area contributed by atoms with E-state index in [1.807, 2.05) is 29.2 Å². The molecule has 2 amide bonds. The molecule has 2 N–H and O–H groups in total. The highest BCUT2D eigenvalue weighted by atomic mass is 16.4. The number of carbonyl (C=O) groups excluding carboxylic acids is 1. The first-order valence-corrected chi connectivity index (χ1v) is 15.2. The number of anilines is 2. The van der Waals surface area contributed by atoms with Gasteiger partial charge in [0.25, 0.3) is 0 Å². The molecule has 2 saturated heterocycles. The van der Waals surface area contributed by atoms with Crippen LogP contribution in [-0.2, 0) is 10.3 Å². The smallest absolute Gasteiger partial charge is 0.407 e. The number of fused-ring (bicyclic) bond motifs is 1. The van der Waals surface area contributed by atoms with Gasteiger partial charge in [-0.25, -0.2) is 9.48 Å². The average Bonchev–Trinajstić information content (AvgIpc) is 3.76. The molecule has 8 nitrogen and oxygen atoms in total. The SMILES string of the molecule is CCNc1nn(C(c2ccccc2)(c2ccccc2)c2ccccc2)c2ccc(N3CCC4(CCN(C(=O)O)C4)C3=O)cc12. The number of carboxylic acid groups (broad SMARTS) is 1. The predicted octanol–water partition coefficient (Wildman–Crippen LogP) is 6.42. The van der Waals surface area contributed by atoms with Gasteiger partial charge in [-0.3, -0.25) is 4.79 Å². The summed E-state index contributed by atoms with van der Waals surface area (Å²) in [6, 6.07) is 37.5. The van der Waals surface area contributed by atoms with Gasteiger partial charge in [0.1, 0.15) is 5.54 Å². The molecule has 2 fully saturated rings. The molecule has 4 aromatic carbocycles. The number of carbonyl (C=O) groups is 2. The summed E-state index contributed by atoms with van der Waals surface area (Å²) in [6.07, 6.45) is 0.244. The first-order valence-electron chi connectivity index (χ1n) is 15.2. The number of nitrogens with one attached hydrogen (secondary N) is 1. The Kier molecular flexibility index (Phi) is 6.84. The first-order chi connectivity index (χ1) is 21.5. The van der Waals surface area contributed by atoms with Gasteiger partial charge in [0.05, 0.1) is 10.9 Å². The molecule has 8 heteroatoms. The summed E-state index contributed by atoms with van der Waals surface area (Å²) < 4.78 is 2.12. The van der Waals surface area contributed by atoms with Gasteiger partial charge in [-0.2, -0.15) is 5.10 Å². The Morgan fingerprint density at radius 3 is 1.95 bits per heavy atom. The standard InChI is InChI=1S/C36H35N5O3/c1-2-37-32-30-24-29(40-23-21-35(33(40)42)20-22-39(25-35)34(43)44)18-19-31(30)41(38-32)36(26-12-6-3-7-13-26,27-14-8-4-9-15-27)28-16-10-5-11-17-28/h3-19,24H,2,20-23,25H2,1H3,(H,37,38)(H,43,44). The summed E-state index contributed by atoms with van der Waals surface area (Å²) in [5, 5.41) is 19.2. The Morgan fingerprint density at radius 1 is 0.864 bits per heavy atom. The van der Waals surface area contributed by atoms with E-state index in [1.54, 1.807) is 0 Å². The maximum atomic E-state index is 13.8. The molecule has 44 heavy (non-hydrogen) atoms. The normalized spacial score (nSPS) is 18.4. The Bertz CT molecular complexity index is 1730. The Balaban J connectivity index is 1.42. The third kappa shape index (κ3) is 4.24. The van der Waals surface area contributed by atoms with Crippen molar-refractivity contribution in [3.63, 3.8) is 0 Å². The lowest BCUT2D eigenvalue weighted by Crippen LogP contribution is -2.38. The fourth-order valence-corrected chi connectivity index (χ4v) is 7.21. The fourth-order valence-electron chi connectivity index (χ4n) is 7.21. The van der Waals surface area contributed by atoms with Crippen LogP contribution < -0.4 is 10.2 Å². The molecule has 1 aromatic heterocycles. The number of nitrogens with zero attached hydrogens (tertiary/aromatic N) is 4. The summed E-state index contributed by atoms with van der Waals surface area (Å²) in [5.74, 6) is 0.751. The van der Waals surface area contributed by atoms with E-state index in [-0.39, 0.29) is 12.5 Å². The minimum Gasteiger partial charge on any atom is -0.465 e. The van der Waals surface area contributed by atoms with Crippen molar-refractivity contribution < 1.29 is 14.7 Å². The van der Waals surface area contributed by atoms with Gasteiger partial charge in [0, 0.05) is 37.3 Å². The largest absolute Gasteiger partial charge is 0.465 e. The number of rotatable bonds is 7. The number of amides is 2. The zero-order valence-corrected chi connectivity index (χ0v) is 24.7. The van der Waals surface area contributed by atoms with Gasteiger partial charge in [-0.15, -0.1) is 0 Å². The molecule has 0 radical (unpaired) electrons. The lowest BCUT2D eigenvalue weighted by Gasteiger charge is -2.37. The van der Waals surface area contributed by atoms with Crippen molar-refractivity contribution in [1.29, 1.82) is 0 Å². The molecule has 1 spiro atoms. The van der Waals surface area contributed by atoms with E-state index in [0.717, 1.165) is 39.1 Å². The molecule has 7 rings (SSSR count). The molecule has 5 aromatic rings. The van der Waals surface area contributed by atoms with Gasteiger partial charge >= 0.3 is 6.09 Å². The number of benzene rings is 4. The van der Waals surface area contributed by atoms with E-state index in [4.69, 9.17) is 5.10 Å². The van der Waals surface area contributed by atoms with E-state index in [1.165, 1.54) is 4.90 Å². The van der Waals surface area contributed by atoms with Crippen molar-refractivity contribution in [3.8, 4) is 0 Å². The van der Waals surface area contributed by atoms with E-state index in [9.17, 15) is 14.7 Å². The third-order valence-corrected chi connectivity index (χ3v) is 9.35. The molecule has 2 aliphatic heterocycles. The van der Waals surface area contributed by atoms with Gasteiger partial charge in [-0.1, -0.05) is 91.0 Å². The molecule has 0 aliphatic carbocycles. The Hall–Kier alpha value is -5.11. The van der Waals surface area contributed by atoms with Gasteiger partial charge < -0.3 is 20.2 Å². The van der Waals surface area contributed by atoms with Crippen molar-refractivity contribution in [3.05, 3.63) is 126 Å². The minimum absolute atomic E-state index is 0.00481. The van der Waals surface area contributed by atoms with Crippen LogP contribution in [0.4, 0.5) is 16.3 Å². The molecule has 0 saturated carbocycles. The first kappa shape index (κ1) is 27.7. The highest BCUT2D eigenvalue weighted by molar-refractivity contribution is 6.03. The Labute approximate surface area is 256 Å². The highest BCUT2D eigenvalue weighted by Gasteiger charge is 2.52. The average molecular weight is 586 g/mol. The van der Waals surface area contributed by atoms with Crippen molar-refractivity contribution >= 4 is 34.4 Å². The van der Waals surface area contributed by atoms with Crippen LogP contribution in [0.5, 0.6) is 0 Å². The Morgan fingerprint density at radius 2 is 1.43 bits per heavy atom. The van der Waals surface area contributed by atoms with Crippen LogP contribution in [0.3, 0.4) is 0 Å².